The molecule has 1 aliphatic rings. The Hall–Kier alpha value is -2.14. The number of rotatable bonds is 1. The summed E-state index contributed by atoms with van der Waals surface area (Å²) in [7, 11) is 0. The zero-order chi connectivity index (χ0) is 15.4. The van der Waals surface area contributed by atoms with E-state index in [9.17, 15) is 10.4 Å². The summed E-state index contributed by atoms with van der Waals surface area (Å²) in [5, 5.41) is 27.1. The van der Waals surface area contributed by atoms with E-state index in [4.69, 9.17) is 0 Å². The number of pyridine rings is 1. The van der Waals surface area contributed by atoms with Gasteiger partial charge < -0.3 is 5.21 Å². The van der Waals surface area contributed by atoms with Crippen molar-refractivity contribution in [2.75, 3.05) is 0 Å². The molecule has 5 nitrogen and oxygen atoms in total. The van der Waals surface area contributed by atoms with Crippen LogP contribution < -0.4 is 0 Å². The maximum absolute atomic E-state index is 12.7. The Morgan fingerprint density at radius 3 is 2.43 bits per heavy atom. The van der Waals surface area contributed by atoms with Gasteiger partial charge in [-0.15, -0.1) is 0 Å². The zero-order valence-corrected chi connectivity index (χ0v) is 12.6. The van der Waals surface area contributed by atoms with Gasteiger partial charge in [-0.25, -0.2) is 0 Å². The first-order valence-corrected chi connectivity index (χ1v) is 6.94. The monoisotopic (exact) mass is 284 g/mol. The van der Waals surface area contributed by atoms with E-state index in [1.54, 1.807) is 40.0 Å². The van der Waals surface area contributed by atoms with Crippen LogP contribution in [-0.2, 0) is 5.21 Å². The minimum absolute atomic E-state index is 0.156. The molecule has 0 saturated heterocycles. The summed E-state index contributed by atoms with van der Waals surface area (Å²) in [4.78, 5) is 4.28. The van der Waals surface area contributed by atoms with Crippen molar-refractivity contribution in [2.45, 2.75) is 38.8 Å². The number of hydrogen-bond acceptors (Lipinski definition) is 3. The van der Waals surface area contributed by atoms with E-state index in [2.05, 4.69) is 4.98 Å². The summed E-state index contributed by atoms with van der Waals surface area (Å²) in [6.07, 6.45) is 1.63. The zero-order valence-electron chi connectivity index (χ0n) is 12.6. The number of fused-ring (bicyclic) bond motifs is 1. The topological polar surface area (TPSA) is 62.1 Å². The van der Waals surface area contributed by atoms with E-state index in [0.29, 0.717) is 5.56 Å². The maximum atomic E-state index is 12.7. The lowest BCUT2D eigenvalue weighted by molar-refractivity contribution is -0.539. The third-order valence-corrected chi connectivity index (χ3v) is 4.79. The van der Waals surface area contributed by atoms with Gasteiger partial charge in [0.15, 0.2) is 5.54 Å². The van der Waals surface area contributed by atoms with Gasteiger partial charge in [0.05, 0.1) is 11.1 Å². The average molecular weight is 284 g/mol. The van der Waals surface area contributed by atoms with E-state index in [1.807, 2.05) is 24.3 Å². The van der Waals surface area contributed by atoms with Gasteiger partial charge in [-0.2, -0.15) is 0 Å². The van der Waals surface area contributed by atoms with Gasteiger partial charge >= 0.3 is 5.84 Å². The molecule has 0 unspecified atom stereocenters. The fraction of sp³-hybridized carbons (Fsp3) is 0.375. The van der Waals surface area contributed by atoms with Crippen molar-refractivity contribution in [3.63, 3.8) is 0 Å². The average Bonchev–Trinajstić information content (AvgIpc) is 2.57. The lowest BCUT2D eigenvalue weighted by Crippen LogP contribution is -2.53. The molecular formula is C16H18N3O2. The van der Waals surface area contributed by atoms with Crippen LogP contribution in [0, 0.1) is 5.21 Å². The number of benzene rings is 1. The molecule has 0 aliphatic carbocycles. The largest absolute Gasteiger partial charge is 0.714 e. The van der Waals surface area contributed by atoms with Gasteiger partial charge in [0.25, 0.3) is 0 Å². The summed E-state index contributed by atoms with van der Waals surface area (Å²) in [5.74, 6) is 0.156. The molecule has 2 heterocycles. The standard InChI is InChI=1S/C16H18N3O2/c1-15(2)16(3,4)19(21)14(18(15)20)12-9-10-17-13-8-6-5-7-11(12)13/h5-10H,1-4H3. The molecule has 1 aromatic heterocycles. The molecule has 0 N–H and O–H groups in total. The van der Waals surface area contributed by atoms with Gasteiger partial charge in [0, 0.05) is 16.8 Å². The number of amidine groups is 1. The molecule has 3 rings (SSSR count). The predicted molar refractivity (Wildman–Crippen MR) is 80.2 cm³/mol. The van der Waals surface area contributed by atoms with Gasteiger partial charge in [0.2, 0.25) is 0 Å². The minimum Gasteiger partial charge on any atom is -0.714 e. The number of nitrogens with zero attached hydrogens (tertiary/aromatic N) is 3. The number of aromatic nitrogens is 1. The van der Waals surface area contributed by atoms with Crippen LogP contribution >= 0.6 is 0 Å². The van der Waals surface area contributed by atoms with Crippen molar-refractivity contribution < 1.29 is 9.95 Å². The summed E-state index contributed by atoms with van der Waals surface area (Å²) in [6.45, 7) is 7.17. The second-order valence-corrected chi connectivity index (χ2v) is 6.41. The smallest absolute Gasteiger partial charge is 0.317 e. The number of para-hydroxylation sites is 1. The van der Waals surface area contributed by atoms with Crippen molar-refractivity contribution in [1.82, 2.24) is 10.0 Å². The Labute approximate surface area is 123 Å². The molecule has 1 aromatic carbocycles. The summed E-state index contributed by atoms with van der Waals surface area (Å²) in [6, 6.07) is 9.24. The first-order valence-electron chi connectivity index (χ1n) is 6.94. The quantitative estimate of drug-likeness (QED) is 0.597. The summed E-state index contributed by atoms with van der Waals surface area (Å²) < 4.78 is 0.835. The molecule has 5 heteroatoms. The Morgan fingerprint density at radius 1 is 1.14 bits per heavy atom. The molecule has 2 aromatic rings. The van der Waals surface area contributed by atoms with Gasteiger partial charge in [-0.3, -0.25) is 9.72 Å². The number of hydroxylamine groups is 3. The SMILES string of the molecule is CC1(C)N([O])C(c2ccnc3ccccc23)=[N+]([O-])C1(C)C. The first-order chi connectivity index (χ1) is 9.78. The van der Waals surface area contributed by atoms with Gasteiger partial charge in [-0.1, -0.05) is 23.3 Å². The van der Waals surface area contributed by atoms with Crippen molar-refractivity contribution in [1.29, 1.82) is 0 Å². The second kappa shape index (κ2) is 4.18. The highest BCUT2D eigenvalue weighted by Gasteiger charge is 2.60. The van der Waals surface area contributed by atoms with Gasteiger partial charge in [-0.05, 0) is 39.8 Å². The Morgan fingerprint density at radius 2 is 1.81 bits per heavy atom. The molecular weight excluding hydrogens is 266 g/mol. The van der Waals surface area contributed by atoms with E-state index in [0.717, 1.165) is 20.7 Å². The lowest BCUT2D eigenvalue weighted by atomic mass is 9.84. The second-order valence-electron chi connectivity index (χ2n) is 6.41. The van der Waals surface area contributed by atoms with Crippen molar-refractivity contribution in [3.05, 3.63) is 47.3 Å². The molecule has 0 spiro atoms. The van der Waals surface area contributed by atoms with Crippen LogP contribution in [0.5, 0.6) is 0 Å². The van der Waals surface area contributed by atoms with Crippen LogP contribution in [0.3, 0.4) is 0 Å². The first kappa shape index (κ1) is 13.8. The third kappa shape index (κ3) is 1.67. The molecule has 21 heavy (non-hydrogen) atoms. The number of hydrogen-bond donors (Lipinski definition) is 0. The van der Waals surface area contributed by atoms with Crippen LogP contribution in [-0.4, -0.2) is 31.7 Å². The van der Waals surface area contributed by atoms with E-state index in [-0.39, 0.29) is 5.84 Å². The van der Waals surface area contributed by atoms with Gasteiger partial charge in [0.1, 0.15) is 5.54 Å². The van der Waals surface area contributed by atoms with Crippen LogP contribution in [0.25, 0.3) is 10.9 Å². The fourth-order valence-electron chi connectivity index (χ4n) is 2.62. The molecule has 0 saturated carbocycles. The Balaban J connectivity index is 2.31. The van der Waals surface area contributed by atoms with Crippen molar-refractivity contribution in [3.8, 4) is 0 Å². The normalized spacial score (nSPS) is 20.3. The summed E-state index contributed by atoms with van der Waals surface area (Å²) in [5.41, 5.74) is -0.223. The lowest BCUT2D eigenvalue weighted by Gasteiger charge is -2.32. The van der Waals surface area contributed by atoms with Crippen molar-refractivity contribution in [2.24, 2.45) is 0 Å². The Kier molecular flexibility index (Phi) is 2.75. The third-order valence-electron chi connectivity index (χ3n) is 4.79. The highest BCUT2D eigenvalue weighted by Crippen LogP contribution is 2.38. The minimum atomic E-state index is -0.811. The van der Waals surface area contributed by atoms with E-state index in [1.165, 1.54) is 0 Å². The highest BCUT2D eigenvalue weighted by molar-refractivity contribution is 6.06. The fourth-order valence-corrected chi connectivity index (χ4v) is 2.62. The van der Waals surface area contributed by atoms with Crippen LogP contribution in [0.2, 0.25) is 0 Å². The molecule has 0 amide bonds. The van der Waals surface area contributed by atoms with Crippen LogP contribution in [0.15, 0.2) is 36.5 Å². The molecule has 0 atom stereocenters. The van der Waals surface area contributed by atoms with Crippen LogP contribution in [0.1, 0.15) is 33.3 Å². The van der Waals surface area contributed by atoms with E-state index >= 15 is 0 Å². The molecule has 0 bridgehead atoms. The van der Waals surface area contributed by atoms with E-state index < -0.39 is 11.1 Å². The Bertz CT molecular complexity index is 745. The van der Waals surface area contributed by atoms with Crippen LogP contribution in [0.4, 0.5) is 0 Å². The highest BCUT2D eigenvalue weighted by atomic mass is 16.5. The summed E-state index contributed by atoms with van der Waals surface area (Å²) >= 11 is 0. The molecule has 109 valence electrons. The maximum Gasteiger partial charge on any atom is 0.317 e. The molecule has 1 radical (unpaired) electrons. The molecule has 1 aliphatic heterocycles. The predicted octanol–water partition coefficient (Wildman–Crippen LogP) is 2.71. The van der Waals surface area contributed by atoms with Crippen molar-refractivity contribution >= 4 is 16.7 Å². The molecule has 0 fully saturated rings.